The molecule has 0 atom stereocenters. The summed E-state index contributed by atoms with van der Waals surface area (Å²) in [4.78, 5) is 0. The molecule has 1 heterocycles. The number of nitrogens with zero attached hydrogens (tertiary/aromatic N) is 2. The maximum Gasteiger partial charge on any atom is 0.147 e. The summed E-state index contributed by atoms with van der Waals surface area (Å²) in [6.45, 7) is 2.34. The van der Waals surface area contributed by atoms with Gasteiger partial charge in [-0.2, -0.15) is 5.10 Å². The van der Waals surface area contributed by atoms with Crippen molar-refractivity contribution in [3.8, 4) is 0 Å². The third kappa shape index (κ3) is 3.01. The van der Waals surface area contributed by atoms with Crippen LogP contribution in [0.5, 0.6) is 0 Å². The molecule has 102 valence electrons. The largest absolute Gasteiger partial charge is 0.394 e. The van der Waals surface area contributed by atoms with Crippen LogP contribution in [0.4, 0.5) is 20.3 Å². The van der Waals surface area contributed by atoms with Gasteiger partial charge in [0.25, 0.3) is 0 Å². The number of rotatable bonds is 4. The standard InChI is InChI=1S/C13H16F2N4/c1-8-12(16)13(19(2)18-8)17-4-3-9-5-10(14)7-11(15)6-9/h5-7,17H,3-4,16H2,1-2H3. The van der Waals surface area contributed by atoms with E-state index in [1.54, 1.807) is 11.7 Å². The van der Waals surface area contributed by atoms with E-state index in [-0.39, 0.29) is 0 Å². The van der Waals surface area contributed by atoms with E-state index in [9.17, 15) is 8.78 Å². The van der Waals surface area contributed by atoms with E-state index in [1.165, 1.54) is 12.1 Å². The molecule has 0 amide bonds. The second-order valence-electron chi connectivity index (χ2n) is 4.43. The number of anilines is 2. The second kappa shape index (κ2) is 5.26. The van der Waals surface area contributed by atoms with Crippen molar-refractivity contribution in [1.82, 2.24) is 9.78 Å². The number of aryl methyl sites for hydroxylation is 2. The molecule has 0 aliphatic carbocycles. The van der Waals surface area contributed by atoms with Gasteiger partial charge in [-0.1, -0.05) is 0 Å². The minimum atomic E-state index is -0.564. The molecule has 3 N–H and O–H groups in total. The fourth-order valence-electron chi connectivity index (χ4n) is 1.96. The summed E-state index contributed by atoms with van der Waals surface area (Å²) in [5.74, 6) is -0.411. The number of hydrogen-bond acceptors (Lipinski definition) is 3. The van der Waals surface area contributed by atoms with Crippen molar-refractivity contribution >= 4 is 11.5 Å². The van der Waals surface area contributed by atoms with Crippen molar-refractivity contribution in [1.29, 1.82) is 0 Å². The van der Waals surface area contributed by atoms with Crippen LogP contribution in [0.2, 0.25) is 0 Å². The van der Waals surface area contributed by atoms with Crippen LogP contribution in [0.25, 0.3) is 0 Å². The highest BCUT2D eigenvalue weighted by Crippen LogP contribution is 2.20. The predicted octanol–water partition coefficient (Wildman–Crippen LogP) is 2.24. The smallest absolute Gasteiger partial charge is 0.147 e. The lowest BCUT2D eigenvalue weighted by Crippen LogP contribution is -2.10. The second-order valence-corrected chi connectivity index (χ2v) is 4.43. The molecular weight excluding hydrogens is 250 g/mol. The van der Waals surface area contributed by atoms with Gasteiger partial charge in [0.1, 0.15) is 17.5 Å². The fraction of sp³-hybridized carbons (Fsp3) is 0.308. The monoisotopic (exact) mass is 266 g/mol. The van der Waals surface area contributed by atoms with Gasteiger partial charge in [-0.05, 0) is 31.0 Å². The van der Waals surface area contributed by atoms with E-state index in [4.69, 9.17) is 5.73 Å². The van der Waals surface area contributed by atoms with Crippen LogP contribution >= 0.6 is 0 Å². The Morgan fingerprint density at radius 3 is 2.42 bits per heavy atom. The van der Waals surface area contributed by atoms with Gasteiger partial charge < -0.3 is 11.1 Å². The highest BCUT2D eigenvalue weighted by Gasteiger charge is 2.09. The first kappa shape index (κ1) is 13.3. The van der Waals surface area contributed by atoms with Crippen LogP contribution in [-0.4, -0.2) is 16.3 Å². The molecule has 0 bridgehead atoms. The Morgan fingerprint density at radius 1 is 1.26 bits per heavy atom. The molecule has 1 aromatic heterocycles. The lowest BCUT2D eigenvalue weighted by Gasteiger charge is -2.08. The topological polar surface area (TPSA) is 55.9 Å². The van der Waals surface area contributed by atoms with Crippen molar-refractivity contribution in [3.05, 3.63) is 41.1 Å². The molecule has 0 aliphatic heterocycles. The van der Waals surface area contributed by atoms with E-state index >= 15 is 0 Å². The lowest BCUT2D eigenvalue weighted by atomic mass is 10.1. The van der Waals surface area contributed by atoms with Crippen LogP contribution in [0.3, 0.4) is 0 Å². The minimum Gasteiger partial charge on any atom is -0.394 e. The van der Waals surface area contributed by atoms with Crippen LogP contribution in [-0.2, 0) is 13.5 Å². The van der Waals surface area contributed by atoms with Gasteiger partial charge in [-0.15, -0.1) is 0 Å². The maximum atomic E-state index is 13.0. The third-order valence-electron chi connectivity index (χ3n) is 2.90. The Kier molecular flexibility index (Phi) is 3.69. The summed E-state index contributed by atoms with van der Waals surface area (Å²) in [5, 5.41) is 7.29. The molecule has 0 unspecified atom stereocenters. The van der Waals surface area contributed by atoms with Gasteiger partial charge in [0.05, 0.1) is 11.4 Å². The molecule has 0 aliphatic rings. The van der Waals surface area contributed by atoms with E-state index < -0.39 is 11.6 Å². The first-order valence-corrected chi connectivity index (χ1v) is 5.95. The average Bonchev–Trinajstić information content (AvgIpc) is 2.54. The third-order valence-corrected chi connectivity index (χ3v) is 2.90. The molecule has 0 saturated heterocycles. The van der Waals surface area contributed by atoms with Gasteiger partial charge >= 0.3 is 0 Å². The Bertz CT molecular complexity index is 572. The summed E-state index contributed by atoms with van der Waals surface area (Å²) in [6, 6.07) is 3.50. The van der Waals surface area contributed by atoms with E-state index in [1.807, 2.05) is 6.92 Å². The first-order valence-electron chi connectivity index (χ1n) is 5.95. The fourth-order valence-corrected chi connectivity index (χ4v) is 1.96. The molecule has 0 radical (unpaired) electrons. The number of nitrogen functional groups attached to an aromatic ring is 1. The Balaban J connectivity index is 2.00. The number of aromatic nitrogens is 2. The molecule has 0 saturated carbocycles. The van der Waals surface area contributed by atoms with Crippen molar-refractivity contribution in [2.45, 2.75) is 13.3 Å². The van der Waals surface area contributed by atoms with E-state index in [0.717, 1.165) is 17.6 Å². The Labute approximate surface area is 110 Å². The normalized spacial score (nSPS) is 10.7. The summed E-state index contributed by atoms with van der Waals surface area (Å²) in [6.07, 6.45) is 0.498. The van der Waals surface area contributed by atoms with Crippen molar-refractivity contribution < 1.29 is 8.78 Å². The Morgan fingerprint density at radius 2 is 1.89 bits per heavy atom. The lowest BCUT2D eigenvalue weighted by molar-refractivity contribution is 0.580. The summed E-state index contributed by atoms with van der Waals surface area (Å²) >= 11 is 0. The highest BCUT2D eigenvalue weighted by molar-refractivity contribution is 5.64. The van der Waals surface area contributed by atoms with E-state index in [0.29, 0.717) is 24.2 Å². The summed E-state index contributed by atoms with van der Waals surface area (Å²) in [7, 11) is 1.79. The van der Waals surface area contributed by atoms with Gasteiger partial charge in [-0.25, -0.2) is 8.78 Å². The van der Waals surface area contributed by atoms with Crippen molar-refractivity contribution in [3.63, 3.8) is 0 Å². The van der Waals surface area contributed by atoms with Gasteiger partial charge in [0.15, 0.2) is 0 Å². The summed E-state index contributed by atoms with van der Waals surface area (Å²) < 4.78 is 27.7. The van der Waals surface area contributed by atoms with Gasteiger partial charge in [-0.3, -0.25) is 4.68 Å². The number of nitrogens with two attached hydrogens (primary N) is 1. The highest BCUT2D eigenvalue weighted by atomic mass is 19.1. The molecule has 0 fully saturated rings. The zero-order chi connectivity index (χ0) is 14.0. The maximum absolute atomic E-state index is 13.0. The molecule has 6 heteroatoms. The van der Waals surface area contributed by atoms with Crippen LogP contribution in [0, 0.1) is 18.6 Å². The molecule has 4 nitrogen and oxygen atoms in total. The molecular formula is C13H16F2N4. The Hall–Kier alpha value is -2.11. The number of hydrogen-bond donors (Lipinski definition) is 2. The predicted molar refractivity (Wildman–Crippen MR) is 70.9 cm³/mol. The van der Waals surface area contributed by atoms with Crippen molar-refractivity contribution in [2.24, 2.45) is 7.05 Å². The molecule has 19 heavy (non-hydrogen) atoms. The molecule has 2 aromatic rings. The zero-order valence-electron chi connectivity index (χ0n) is 10.9. The van der Waals surface area contributed by atoms with Crippen LogP contribution in [0.15, 0.2) is 18.2 Å². The van der Waals surface area contributed by atoms with Gasteiger partial charge in [0.2, 0.25) is 0 Å². The van der Waals surface area contributed by atoms with Crippen molar-refractivity contribution in [2.75, 3.05) is 17.6 Å². The first-order chi connectivity index (χ1) is 8.97. The van der Waals surface area contributed by atoms with Crippen LogP contribution < -0.4 is 11.1 Å². The zero-order valence-corrected chi connectivity index (χ0v) is 10.9. The number of halogens is 2. The molecule has 1 aromatic carbocycles. The average molecular weight is 266 g/mol. The quantitative estimate of drug-likeness (QED) is 0.892. The summed E-state index contributed by atoms with van der Waals surface area (Å²) in [5.41, 5.74) is 7.81. The van der Waals surface area contributed by atoms with Gasteiger partial charge in [0, 0.05) is 19.7 Å². The van der Waals surface area contributed by atoms with Crippen LogP contribution in [0.1, 0.15) is 11.3 Å². The number of benzene rings is 1. The SMILES string of the molecule is Cc1nn(C)c(NCCc2cc(F)cc(F)c2)c1N. The minimum absolute atomic E-state index is 0.498. The molecule has 0 spiro atoms. The number of nitrogens with one attached hydrogen (secondary N) is 1. The van der Waals surface area contributed by atoms with E-state index in [2.05, 4.69) is 10.4 Å². The molecule has 2 rings (SSSR count).